The molecule has 1 fully saturated rings. The molecule has 7 heteroatoms. The van der Waals surface area contributed by atoms with E-state index in [1.54, 1.807) is 17.9 Å². The fraction of sp³-hybridized carbons (Fsp3) is 0.500. The Morgan fingerprint density at radius 1 is 1.47 bits per heavy atom. The molecule has 0 radical (unpaired) electrons. The summed E-state index contributed by atoms with van der Waals surface area (Å²) in [6.07, 6.45) is -0.401. The topological polar surface area (TPSA) is 99.7 Å². The van der Waals surface area contributed by atoms with E-state index in [0.29, 0.717) is 11.4 Å². The van der Waals surface area contributed by atoms with E-state index in [9.17, 15) is 20.3 Å². The highest BCUT2D eigenvalue weighted by Gasteiger charge is 2.30. The Balaban J connectivity index is 2.24. The number of aryl methyl sites for hydroxylation is 1. The van der Waals surface area contributed by atoms with Crippen molar-refractivity contribution in [1.29, 1.82) is 0 Å². The minimum absolute atomic E-state index is 0.0333. The maximum Gasteiger partial charge on any atom is 0.290 e. The van der Waals surface area contributed by atoms with E-state index in [-0.39, 0.29) is 18.8 Å². The summed E-state index contributed by atoms with van der Waals surface area (Å²) in [7, 11) is 0. The van der Waals surface area contributed by atoms with Crippen molar-refractivity contribution in [2.24, 2.45) is 0 Å². The molecule has 1 aromatic heterocycles. The first-order valence-electron chi connectivity index (χ1n) is 5.21. The lowest BCUT2D eigenvalue weighted by Crippen LogP contribution is -2.22. The molecule has 2 rings (SSSR count). The molecule has 2 unspecified atom stereocenters. The van der Waals surface area contributed by atoms with Gasteiger partial charge in [-0.05, 0) is 13.0 Å². The van der Waals surface area contributed by atoms with Crippen molar-refractivity contribution in [3.8, 4) is 0 Å². The van der Waals surface area contributed by atoms with Gasteiger partial charge in [0.15, 0.2) is 0 Å². The highest BCUT2D eigenvalue weighted by atomic mass is 16.6. The molecular weight excluding hydrogens is 226 g/mol. The second kappa shape index (κ2) is 4.27. The number of hydrogen-bond donors (Lipinski definition) is 2. The second-order valence-corrected chi connectivity index (χ2v) is 4.13. The lowest BCUT2D eigenvalue weighted by atomic mass is 10.2. The summed E-state index contributed by atoms with van der Waals surface area (Å²) in [6, 6.07) is 1.59. The van der Waals surface area contributed by atoms with Crippen molar-refractivity contribution in [3.63, 3.8) is 0 Å². The van der Waals surface area contributed by atoms with Gasteiger partial charge in [-0.1, -0.05) is 0 Å². The van der Waals surface area contributed by atoms with Gasteiger partial charge in [0.05, 0.1) is 17.1 Å². The summed E-state index contributed by atoms with van der Waals surface area (Å²) in [5, 5.41) is 29.5. The van der Waals surface area contributed by atoms with Crippen LogP contribution in [0.15, 0.2) is 12.3 Å². The monoisotopic (exact) mass is 239 g/mol. The molecule has 0 spiro atoms. The summed E-state index contributed by atoms with van der Waals surface area (Å²) >= 11 is 0. The Bertz CT molecular complexity index is 441. The molecule has 0 amide bonds. The average molecular weight is 239 g/mol. The van der Waals surface area contributed by atoms with Crippen molar-refractivity contribution in [2.75, 3.05) is 18.0 Å². The Labute approximate surface area is 97.5 Å². The molecule has 0 aliphatic carbocycles. The summed E-state index contributed by atoms with van der Waals surface area (Å²) in [5.74, 6) is 0.531. The maximum absolute atomic E-state index is 10.6. The average Bonchev–Trinajstić information content (AvgIpc) is 2.58. The van der Waals surface area contributed by atoms with Crippen LogP contribution in [0, 0.1) is 17.0 Å². The Morgan fingerprint density at radius 3 is 2.53 bits per heavy atom. The first-order valence-corrected chi connectivity index (χ1v) is 5.21. The summed E-state index contributed by atoms with van der Waals surface area (Å²) in [5.41, 5.74) is 0.477. The van der Waals surface area contributed by atoms with Gasteiger partial charge in [0.25, 0.3) is 5.69 Å². The summed E-state index contributed by atoms with van der Waals surface area (Å²) < 4.78 is 0. The van der Waals surface area contributed by atoms with E-state index in [1.807, 2.05) is 0 Å². The van der Waals surface area contributed by atoms with Crippen molar-refractivity contribution in [2.45, 2.75) is 19.1 Å². The quantitative estimate of drug-likeness (QED) is 0.549. The molecular formula is C10H13N3O4. The number of aliphatic hydroxyl groups is 2. The van der Waals surface area contributed by atoms with Crippen LogP contribution in [0.2, 0.25) is 0 Å². The molecule has 2 N–H and O–H groups in total. The fourth-order valence-electron chi connectivity index (χ4n) is 1.85. The lowest BCUT2D eigenvalue weighted by Gasteiger charge is -2.16. The molecule has 7 nitrogen and oxygen atoms in total. The molecule has 2 heterocycles. The Kier molecular flexibility index (Phi) is 2.95. The number of hydrogen-bond acceptors (Lipinski definition) is 6. The van der Waals surface area contributed by atoms with Crippen LogP contribution in [0.4, 0.5) is 11.5 Å². The molecule has 1 saturated heterocycles. The number of aliphatic hydroxyl groups excluding tert-OH is 2. The number of rotatable bonds is 2. The van der Waals surface area contributed by atoms with Crippen molar-refractivity contribution in [1.82, 2.24) is 4.98 Å². The lowest BCUT2D eigenvalue weighted by molar-refractivity contribution is -0.385. The van der Waals surface area contributed by atoms with Crippen LogP contribution in [0.25, 0.3) is 0 Å². The maximum atomic E-state index is 10.6. The molecule has 0 aromatic carbocycles. The first-order chi connectivity index (χ1) is 7.99. The summed E-state index contributed by atoms with van der Waals surface area (Å²) in [6.45, 7) is 2.20. The van der Waals surface area contributed by atoms with Gasteiger partial charge in [-0.2, -0.15) is 0 Å². The zero-order valence-electron chi connectivity index (χ0n) is 9.28. The molecule has 1 aliphatic rings. The number of β-amino-alcohol motifs (C(OH)–C–C–N with tert-alkyl or cyclic N) is 2. The molecule has 17 heavy (non-hydrogen) atoms. The molecule has 2 atom stereocenters. The fourth-order valence-corrected chi connectivity index (χ4v) is 1.85. The van der Waals surface area contributed by atoms with E-state index < -0.39 is 17.1 Å². The van der Waals surface area contributed by atoms with E-state index >= 15 is 0 Å². The molecule has 1 aliphatic heterocycles. The van der Waals surface area contributed by atoms with Crippen molar-refractivity contribution in [3.05, 3.63) is 27.9 Å². The van der Waals surface area contributed by atoms with Crippen LogP contribution < -0.4 is 4.90 Å². The van der Waals surface area contributed by atoms with Crippen LogP contribution in [0.1, 0.15) is 5.56 Å². The van der Waals surface area contributed by atoms with Crippen LogP contribution in [0.3, 0.4) is 0 Å². The van der Waals surface area contributed by atoms with Gasteiger partial charge >= 0.3 is 0 Å². The van der Waals surface area contributed by atoms with Crippen molar-refractivity contribution < 1.29 is 15.1 Å². The van der Waals surface area contributed by atoms with Crippen molar-refractivity contribution >= 4 is 11.5 Å². The predicted molar refractivity (Wildman–Crippen MR) is 59.9 cm³/mol. The number of pyridine rings is 1. The van der Waals surface area contributed by atoms with Gasteiger partial charge in [-0.25, -0.2) is 4.98 Å². The molecule has 92 valence electrons. The minimum Gasteiger partial charge on any atom is -0.389 e. The van der Waals surface area contributed by atoms with E-state index in [4.69, 9.17) is 0 Å². The number of anilines is 1. The third-order valence-electron chi connectivity index (χ3n) is 2.85. The van der Waals surface area contributed by atoms with Gasteiger partial charge in [-0.3, -0.25) is 10.1 Å². The molecule has 1 aromatic rings. The minimum atomic E-state index is -0.799. The van der Waals surface area contributed by atoms with E-state index in [1.165, 1.54) is 6.20 Å². The number of nitrogens with zero attached hydrogens (tertiary/aromatic N) is 3. The smallest absolute Gasteiger partial charge is 0.290 e. The third-order valence-corrected chi connectivity index (χ3v) is 2.85. The Hall–Kier alpha value is -1.73. The first kappa shape index (κ1) is 11.7. The third kappa shape index (κ3) is 2.20. The predicted octanol–water partition coefficient (Wildman–Crippen LogP) is -0.160. The largest absolute Gasteiger partial charge is 0.389 e. The van der Waals surface area contributed by atoms with Crippen LogP contribution in [-0.4, -0.2) is 45.4 Å². The normalized spacial score (nSPS) is 24.1. The van der Waals surface area contributed by atoms with Gasteiger partial charge in [0.2, 0.25) is 0 Å². The van der Waals surface area contributed by atoms with Gasteiger partial charge in [-0.15, -0.1) is 0 Å². The summed E-state index contributed by atoms with van der Waals surface area (Å²) in [4.78, 5) is 15.8. The van der Waals surface area contributed by atoms with Gasteiger partial charge < -0.3 is 15.1 Å². The zero-order valence-corrected chi connectivity index (χ0v) is 9.28. The standard InChI is InChI=1S/C10H13N3O4/c1-6-2-10(11-3-7(6)13(16)17)12-4-8(14)9(15)5-12/h2-3,8-9,14-15H,4-5H2,1H3. The Morgan fingerprint density at radius 2 is 2.06 bits per heavy atom. The highest BCUT2D eigenvalue weighted by molar-refractivity contribution is 5.49. The molecule has 0 saturated carbocycles. The van der Waals surface area contributed by atoms with Crippen LogP contribution in [0.5, 0.6) is 0 Å². The van der Waals surface area contributed by atoms with Gasteiger partial charge in [0, 0.05) is 18.7 Å². The second-order valence-electron chi connectivity index (χ2n) is 4.13. The zero-order chi connectivity index (χ0) is 12.6. The van der Waals surface area contributed by atoms with Gasteiger partial charge in [0.1, 0.15) is 12.0 Å². The number of aromatic nitrogens is 1. The SMILES string of the molecule is Cc1cc(N2CC(O)C(O)C2)ncc1[N+](=O)[O-]. The van der Waals surface area contributed by atoms with Crippen LogP contribution in [-0.2, 0) is 0 Å². The molecule has 0 bridgehead atoms. The number of nitro groups is 1. The van der Waals surface area contributed by atoms with E-state index in [2.05, 4.69) is 4.98 Å². The van der Waals surface area contributed by atoms with Crippen LogP contribution >= 0.6 is 0 Å². The highest BCUT2D eigenvalue weighted by Crippen LogP contribution is 2.24. The van der Waals surface area contributed by atoms with E-state index in [0.717, 1.165) is 0 Å².